The number of thiophene rings is 1. The highest BCUT2D eigenvalue weighted by Crippen LogP contribution is 2.30. The number of hydrogen-bond donors (Lipinski definition) is 1. The van der Waals surface area contributed by atoms with Crippen LogP contribution in [0, 0.1) is 0 Å². The van der Waals surface area contributed by atoms with Crippen LogP contribution >= 0.6 is 38.9 Å². The van der Waals surface area contributed by atoms with E-state index in [-0.39, 0.29) is 0 Å². The Kier molecular flexibility index (Phi) is 4.62. The van der Waals surface area contributed by atoms with Crippen LogP contribution in [0.3, 0.4) is 0 Å². The molecule has 0 aliphatic heterocycles. The van der Waals surface area contributed by atoms with E-state index in [1.54, 1.807) is 11.3 Å². The van der Waals surface area contributed by atoms with Gasteiger partial charge in [-0.15, -0.1) is 11.3 Å². The summed E-state index contributed by atoms with van der Waals surface area (Å²) in [6.45, 7) is 0. The lowest BCUT2D eigenvalue weighted by atomic mass is 10.1. The van der Waals surface area contributed by atoms with Crippen molar-refractivity contribution < 1.29 is 0 Å². The van der Waals surface area contributed by atoms with Gasteiger partial charge in [0.25, 0.3) is 0 Å². The van der Waals surface area contributed by atoms with E-state index < -0.39 is 0 Å². The first-order valence-electron chi connectivity index (χ1n) is 5.36. The van der Waals surface area contributed by atoms with E-state index in [4.69, 9.17) is 11.6 Å². The zero-order chi connectivity index (χ0) is 12.3. The van der Waals surface area contributed by atoms with Crippen molar-refractivity contribution in [3.63, 3.8) is 0 Å². The highest BCUT2D eigenvalue weighted by atomic mass is 79.9. The molecule has 0 spiro atoms. The average Bonchev–Trinajstić information content (AvgIpc) is 2.75. The summed E-state index contributed by atoms with van der Waals surface area (Å²) in [5.41, 5.74) is 1.30. The Morgan fingerprint density at radius 3 is 2.65 bits per heavy atom. The average molecular weight is 331 g/mol. The molecule has 0 aliphatic rings. The van der Waals surface area contributed by atoms with Gasteiger partial charge in [-0.3, -0.25) is 0 Å². The predicted molar refractivity (Wildman–Crippen MR) is 79.0 cm³/mol. The van der Waals surface area contributed by atoms with E-state index >= 15 is 0 Å². The number of hydrogen-bond acceptors (Lipinski definition) is 2. The number of benzene rings is 1. The molecule has 1 atom stereocenters. The minimum absolute atomic E-state index is 0.311. The summed E-state index contributed by atoms with van der Waals surface area (Å²) < 4.78 is 2.00. The predicted octanol–water partition coefficient (Wildman–Crippen LogP) is 4.67. The second kappa shape index (κ2) is 6.01. The molecule has 90 valence electrons. The molecule has 4 heteroatoms. The summed E-state index contributed by atoms with van der Waals surface area (Å²) in [4.78, 5) is 1.27. The van der Waals surface area contributed by atoms with Crippen LogP contribution < -0.4 is 5.32 Å². The molecule has 1 aromatic heterocycles. The van der Waals surface area contributed by atoms with Crippen molar-refractivity contribution in [2.45, 2.75) is 12.5 Å². The number of rotatable bonds is 4. The van der Waals surface area contributed by atoms with Gasteiger partial charge in [0, 0.05) is 15.4 Å². The topological polar surface area (TPSA) is 12.0 Å². The Labute approximate surface area is 119 Å². The quantitative estimate of drug-likeness (QED) is 0.859. The first kappa shape index (κ1) is 13.1. The molecule has 0 bridgehead atoms. The third kappa shape index (κ3) is 3.32. The van der Waals surface area contributed by atoms with Crippen molar-refractivity contribution in [3.8, 4) is 0 Å². The lowest BCUT2D eigenvalue weighted by Gasteiger charge is -2.15. The fourth-order valence-electron chi connectivity index (χ4n) is 1.74. The van der Waals surface area contributed by atoms with Crippen molar-refractivity contribution in [1.82, 2.24) is 5.32 Å². The normalized spacial score (nSPS) is 12.6. The fraction of sp³-hybridized carbons (Fsp3) is 0.231. The van der Waals surface area contributed by atoms with Gasteiger partial charge in [-0.05, 0) is 37.2 Å². The molecule has 0 aliphatic carbocycles. The van der Waals surface area contributed by atoms with E-state index in [1.807, 2.05) is 19.2 Å². The van der Waals surface area contributed by atoms with Gasteiger partial charge in [-0.1, -0.05) is 45.7 Å². The molecular formula is C13H13BrClNS. The summed E-state index contributed by atoms with van der Waals surface area (Å²) >= 11 is 11.2. The van der Waals surface area contributed by atoms with E-state index in [2.05, 4.69) is 45.5 Å². The van der Waals surface area contributed by atoms with E-state index in [0.717, 1.165) is 15.2 Å². The van der Waals surface area contributed by atoms with Crippen molar-refractivity contribution in [2.75, 3.05) is 7.05 Å². The largest absolute Gasteiger partial charge is 0.312 e. The van der Waals surface area contributed by atoms with E-state index in [0.29, 0.717) is 6.04 Å². The maximum Gasteiger partial charge on any atom is 0.0931 e. The van der Waals surface area contributed by atoms with Gasteiger partial charge >= 0.3 is 0 Å². The van der Waals surface area contributed by atoms with Gasteiger partial charge in [0.1, 0.15) is 0 Å². The highest BCUT2D eigenvalue weighted by molar-refractivity contribution is 9.10. The molecule has 1 nitrogen and oxygen atoms in total. The van der Waals surface area contributed by atoms with Crippen LogP contribution in [0.4, 0.5) is 0 Å². The highest BCUT2D eigenvalue weighted by Gasteiger charge is 2.13. The van der Waals surface area contributed by atoms with Crippen LogP contribution in [0.25, 0.3) is 0 Å². The molecule has 0 fully saturated rings. The summed E-state index contributed by atoms with van der Waals surface area (Å²) in [6, 6.07) is 12.7. The fourth-order valence-corrected chi connectivity index (χ4v) is 3.36. The summed E-state index contributed by atoms with van der Waals surface area (Å²) in [6.07, 6.45) is 0.953. The summed E-state index contributed by atoms with van der Waals surface area (Å²) in [5, 5.41) is 3.34. The van der Waals surface area contributed by atoms with Crippen LogP contribution in [0.5, 0.6) is 0 Å². The van der Waals surface area contributed by atoms with Crippen LogP contribution in [0.1, 0.15) is 16.5 Å². The molecule has 2 rings (SSSR count). The van der Waals surface area contributed by atoms with Gasteiger partial charge in [-0.2, -0.15) is 0 Å². The Morgan fingerprint density at radius 2 is 2.06 bits per heavy atom. The lowest BCUT2D eigenvalue weighted by Crippen LogP contribution is -2.17. The third-order valence-corrected chi connectivity index (χ3v) is 4.79. The van der Waals surface area contributed by atoms with Crippen LogP contribution in [0.2, 0.25) is 4.34 Å². The SMILES string of the molecule is CNC(Cc1ccccc1Br)c1ccc(Cl)s1. The molecule has 1 heterocycles. The monoisotopic (exact) mass is 329 g/mol. The Bertz CT molecular complexity index is 498. The van der Waals surface area contributed by atoms with E-state index in [9.17, 15) is 0 Å². The Balaban J connectivity index is 2.18. The molecule has 1 unspecified atom stereocenters. The second-order valence-electron chi connectivity index (χ2n) is 3.78. The maximum absolute atomic E-state index is 5.98. The molecule has 0 saturated carbocycles. The molecule has 17 heavy (non-hydrogen) atoms. The first-order chi connectivity index (χ1) is 8.20. The summed E-state index contributed by atoms with van der Waals surface area (Å²) in [5.74, 6) is 0. The molecular weight excluding hydrogens is 318 g/mol. The zero-order valence-electron chi connectivity index (χ0n) is 9.41. The smallest absolute Gasteiger partial charge is 0.0931 e. The minimum Gasteiger partial charge on any atom is -0.312 e. The van der Waals surface area contributed by atoms with Crippen molar-refractivity contribution in [2.24, 2.45) is 0 Å². The minimum atomic E-state index is 0.311. The lowest BCUT2D eigenvalue weighted by molar-refractivity contribution is 0.601. The maximum atomic E-state index is 5.98. The molecule has 1 N–H and O–H groups in total. The number of halogens is 2. The van der Waals surface area contributed by atoms with Gasteiger partial charge in [0.2, 0.25) is 0 Å². The molecule has 0 saturated heterocycles. The molecule has 1 aromatic carbocycles. The van der Waals surface area contributed by atoms with Crippen molar-refractivity contribution >= 4 is 38.9 Å². The van der Waals surface area contributed by atoms with Gasteiger partial charge < -0.3 is 5.32 Å². The van der Waals surface area contributed by atoms with Gasteiger partial charge in [-0.25, -0.2) is 0 Å². The second-order valence-corrected chi connectivity index (χ2v) is 6.38. The van der Waals surface area contributed by atoms with Gasteiger partial charge in [0.05, 0.1) is 4.34 Å². The molecule has 0 amide bonds. The third-order valence-electron chi connectivity index (χ3n) is 2.67. The molecule has 2 aromatic rings. The standard InChI is InChI=1S/C13H13BrClNS/c1-16-11(12-6-7-13(15)17-12)8-9-4-2-3-5-10(9)14/h2-7,11,16H,8H2,1H3. The van der Waals surface area contributed by atoms with Crippen LogP contribution in [-0.2, 0) is 6.42 Å². The van der Waals surface area contributed by atoms with Crippen molar-refractivity contribution in [3.05, 3.63) is 55.6 Å². The first-order valence-corrected chi connectivity index (χ1v) is 7.35. The van der Waals surface area contributed by atoms with Gasteiger partial charge in [0.15, 0.2) is 0 Å². The number of nitrogens with one attached hydrogen (secondary N) is 1. The Hall–Kier alpha value is -0.350. The number of likely N-dealkylation sites (N-methyl/N-ethyl adjacent to an activating group) is 1. The van der Waals surface area contributed by atoms with Crippen LogP contribution in [0.15, 0.2) is 40.9 Å². The van der Waals surface area contributed by atoms with E-state index in [1.165, 1.54) is 10.4 Å². The summed E-state index contributed by atoms with van der Waals surface area (Å²) in [7, 11) is 1.98. The van der Waals surface area contributed by atoms with Crippen molar-refractivity contribution in [1.29, 1.82) is 0 Å². The zero-order valence-corrected chi connectivity index (χ0v) is 12.6. The van der Waals surface area contributed by atoms with Crippen LogP contribution in [-0.4, -0.2) is 7.05 Å². The Morgan fingerprint density at radius 1 is 1.29 bits per heavy atom. The molecule has 0 radical (unpaired) electrons.